The number of hydrogen-bond donors (Lipinski definition) is 1. The molecule has 78 valence electrons. The molecular weight excluding hydrogens is 267 g/mol. The normalized spacial score (nSPS) is 11.7. The molecule has 0 unspecified atom stereocenters. The Balaban J connectivity index is 2.99. The molecule has 1 aromatic heterocycles. The van der Waals surface area contributed by atoms with Gasteiger partial charge in [-0.3, -0.25) is 9.48 Å². The lowest BCUT2D eigenvalue weighted by atomic mass is 10.4. The second kappa shape index (κ2) is 3.60. The van der Waals surface area contributed by atoms with Crippen LogP contribution in [0.2, 0.25) is 0 Å². The molecule has 0 fully saturated rings. The summed E-state index contributed by atoms with van der Waals surface area (Å²) in [6.07, 6.45) is -3.49. The zero-order valence-corrected chi connectivity index (χ0v) is 8.26. The molecule has 0 aliphatic rings. The predicted molar refractivity (Wildman–Crippen MR) is 44.1 cm³/mol. The van der Waals surface area contributed by atoms with Gasteiger partial charge in [0.1, 0.15) is 6.54 Å². The molecule has 4 nitrogen and oxygen atoms in total. The number of rotatable bonds is 2. The first kappa shape index (κ1) is 11.0. The molecular formula is C6H5BrF3N3O. The summed E-state index contributed by atoms with van der Waals surface area (Å²) < 4.78 is 37.1. The van der Waals surface area contributed by atoms with Crippen LogP contribution in [0.1, 0.15) is 5.69 Å². The number of carbonyl (C=O) groups excluding carboxylic acids is 1. The van der Waals surface area contributed by atoms with Gasteiger partial charge >= 0.3 is 6.18 Å². The highest BCUT2D eigenvalue weighted by atomic mass is 79.9. The van der Waals surface area contributed by atoms with Gasteiger partial charge in [0.2, 0.25) is 5.91 Å². The molecule has 1 rings (SSSR count). The van der Waals surface area contributed by atoms with Crippen LogP contribution in [-0.4, -0.2) is 15.7 Å². The molecule has 1 heterocycles. The number of aromatic nitrogens is 2. The Bertz CT molecular complexity index is 360. The third-order valence-corrected chi connectivity index (χ3v) is 1.88. The van der Waals surface area contributed by atoms with Gasteiger partial charge in [-0.1, -0.05) is 0 Å². The fourth-order valence-corrected chi connectivity index (χ4v) is 1.37. The molecule has 14 heavy (non-hydrogen) atoms. The first-order valence-corrected chi connectivity index (χ1v) is 4.18. The predicted octanol–water partition coefficient (Wildman–Crippen LogP) is 1.15. The van der Waals surface area contributed by atoms with E-state index in [1.807, 2.05) is 0 Å². The molecule has 1 aromatic rings. The van der Waals surface area contributed by atoms with E-state index in [2.05, 4.69) is 21.0 Å². The fourth-order valence-electron chi connectivity index (χ4n) is 0.830. The molecule has 0 radical (unpaired) electrons. The maximum Gasteiger partial charge on any atom is 0.436 e. The average Bonchev–Trinajstić information content (AvgIpc) is 2.27. The smallest absolute Gasteiger partial charge is 0.368 e. The highest BCUT2D eigenvalue weighted by Crippen LogP contribution is 2.33. The van der Waals surface area contributed by atoms with E-state index in [4.69, 9.17) is 5.73 Å². The summed E-state index contributed by atoms with van der Waals surface area (Å²) in [6, 6.07) is 0. The van der Waals surface area contributed by atoms with Crippen LogP contribution in [0.5, 0.6) is 0 Å². The first-order chi connectivity index (χ1) is 6.30. The number of alkyl halides is 3. The molecule has 1 amide bonds. The molecule has 2 N–H and O–H groups in total. The second-order valence-corrected chi connectivity index (χ2v) is 3.34. The van der Waals surface area contributed by atoms with E-state index >= 15 is 0 Å². The van der Waals surface area contributed by atoms with Crippen LogP contribution in [0.4, 0.5) is 13.2 Å². The van der Waals surface area contributed by atoms with Crippen LogP contribution in [0.15, 0.2) is 10.7 Å². The van der Waals surface area contributed by atoms with Crippen molar-refractivity contribution < 1.29 is 18.0 Å². The van der Waals surface area contributed by atoms with Gasteiger partial charge in [0.05, 0.1) is 4.47 Å². The molecule has 0 atom stereocenters. The van der Waals surface area contributed by atoms with Crippen LogP contribution in [0.25, 0.3) is 0 Å². The molecule has 0 saturated carbocycles. The van der Waals surface area contributed by atoms with Crippen molar-refractivity contribution in [2.75, 3.05) is 0 Å². The van der Waals surface area contributed by atoms with E-state index in [9.17, 15) is 18.0 Å². The summed E-state index contributed by atoms with van der Waals surface area (Å²) in [7, 11) is 0. The Morgan fingerprint density at radius 3 is 2.57 bits per heavy atom. The number of hydrogen-bond acceptors (Lipinski definition) is 2. The number of carbonyl (C=O) groups is 1. The van der Waals surface area contributed by atoms with Crippen molar-refractivity contribution in [3.63, 3.8) is 0 Å². The fraction of sp³-hybridized carbons (Fsp3) is 0.333. The van der Waals surface area contributed by atoms with Crippen molar-refractivity contribution in [3.05, 3.63) is 16.4 Å². The van der Waals surface area contributed by atoms with Crippen LogP contribution >= 0.6 is 15.9 Å². The lowest BCUT2D eigenvalue weighted by Gasteiger charge is -2.01. The van der Waals surface area contributed by atoms with Gasteiger partial charge < -0.3 is 5.73 Å². The molecule has 8 heteroatoms. The molecule has 0 aliphatic carbocycles. The highest BCUT2D eigenvalue weighted by molar-refractivity contribution is 9.10. The molecule has 0 spiro atoms. The van der Waals surface area contributed by atoms with E-state index < -0.39 is 17.8 Å². The van der Waals surface area contributed by atoms with Crippen molar-refractivity contribution in [2.45, 2.75) is 12.7 Å². The van der Waals surface area contributed by atoms with E-state index in [1.165, 1.54) is 0 Å². The standard InChI is InChI=1S/C6H5BrF3N3O/c7-3-1-13(2-4(11)14)12-5(3)6(8,9)10/h1H,2H2,(H2,11,14). The molecule has 0 saturated heterocycles. The van der Waals surface area contributed by atoms with E-state index in [-0.39, 0.29) is 11.0 Å². The Morgan fingerprint density at radius 2 is 2.21 bits per heavy atom. The van der Waals surface area contributed by atoms with Gasteiger partial charge in [0, 0.05) is 6.20 Å². The third-order valence-electron chi connectivity index (χ3n) is 1.30. The lowest BCUT2D eigenvalue weighted by Crippen LogP contribution is -2.19. The number of amides is 1. The Morgan fingerprint density at radius 1 is 1.64 bits per heavy atom. The summed E-state index contributed by atoms with van der Waals surface area (Å²) in [5.74, 6) is -0.756. The Labute approximate surface area is 85.0 Å². The lowest BCUT2D eigenvalue weighted by molar-refractivity contribution is -0.142. The monoisotopic (exact) mass is 271 g/mol. The quantitative estimate of drug-likeness (QED) is 0.877. The van der Waals surface area contributed by atoms with Crippen LogP contribution < -0.4 is 5.73 Å². The first-order valence-electron chi connectivity index (χ1n) is 3.39. The average molecular weight is 272 g/mol. The van der Waals surface area contributed by atoms with Crippen molar-refractivity contribution in [1.82, 2.24) is 9.78 Å². The molecule has 0 aliphatic heterocycles. The minimum atomic E-state index is -4.54. The van der Waals surface area contributed by atoms with Gasteiger partial charge in [-0.15, -0.1) is 0 Å². The molecule has 0 bridgehead atoms. The van der Waals surface area contributed by atoms with Crippen LogP contribution in [0, 0.1) is 0 Å². The highest BCUT2D eigenvalue weighted by Gasteiger charge is 2.36. The number of halogens is 4. The van der Waals surface area contributed by atoms with Gasteiger partial charge in [0.25, 0.3) is 0 Å². The van der Waals surface area contributed by atoms with E-state index in [1.54, 1.807) is 0 Å². The minimum Gasteiger partial charge on any atom is -0.368 e. The maximum absolute atomic E-state index is 12.2. The SMILES string of the molecule is NC(=O)Cn1cc(Br)c(C(F)(F)F)n1. The number of primary amides is 1. The van der Waals surface area contributed by atoms with Gasteiger partial charge in [-0.2, -0.15) is 18.3 Å². The second-order valence-electron chi connectivity index (χ2n) is 2.49. The summed E-state index contributed by atoms with van der Waals surface area (Å²) in [4.78, 5) is 10.4. The zero-order chi connectivity index (χ0) is 10.9. The van der Waals surface area contributed by atoms with Crippen molar-refractivity contribution >= 4 is 21.8 Å². The largest absolute Gasteiger partial charge is 0.436 e. The summed E-state index contributed by atoms with van der Waals surface area (Å²) in [6.45, 7) is -0.380. The number of nitrogens with two attached hydrogens (primary N) is 1. The minimum absolute atomic E-state index is 0.216. The van der Waals surface area contributed by atoms with Crippen molar-refractivity contribution in [1.29, 1.82) is 0 Å². The third kappa shape index (κ3) is 2.47. The van der Waals surface area contributed by atoms with Crippen LogP contribution in [0.3, 0.4) is 0 Å². The van der Waals surface area contributed by atoms with Gasteiger partial charge in [0.15, 0.2) is 5.69 Å². The summed E-state index contributed by atoms with van der Waals surface area (Å²) >= 11 is 2.69. The Kier molecular flexibility index (Phi) is 2.84. The van der Waals surface area contributed by atoms with Gasteiger partial charge in [-0.25, -0.2) is 0 Å². The maximum atomic E-state index is 12.2. The van der Waals surface area contributed by atoms with Crippen molar-refractivity contribution in [3.8, 4) is 0 Å². The topological polar surface area (TPSA) is 60.9 Å². The molecule has 0 aromatic carbocycles. The summed E-state index contributed by atoms with van der Waals surface area (Å²) in [5.41, 5.74) is 3.73. The number of nitrogens with zero attached hydrogens (tertiary/aromatic N) is 2. The Hall–Kier alpha value is -1.05. The van der Waals surface area contributed by atoms with E-state index in [0.29, 0.717) is 0 Å². The van der Waals surface area contributed by atoms with Crippen LogP contribution in [-0.2, 0) is 17.5 Å². The summed E-state index contributed by atoms with van der Waals surface area (Å²) in [5, 5.41) is 3.17. The van der Waals surface area contributed by atoms with E-state index in [0.717, 1.165) is 10.9 Å². The zero-order valence-electron chi connectivity index (χ0n) is 6.68. The van der Waals surface area contributed by atoms with Gasteiger partial charge in [-0.05, 0) is 15.9 Å². The van der Waals surface area contributed by atoms with Crippen molar-refractivity contribution in [2.24, 2.45) is 5.73 Å².